The summed E-state index contributed by atoms with van der Waals surface area (Å²) in [5, 5.41) is 14.7. The van der Waals surface area contributed by atoms with E-state index in [1.165, 1.54) is 12.8 Å². The molecule has 0 atom stereocenters. The van der Waals surface area contributed by atoms with Crippen molar-refractivity contribution in [3.05, 3.63) is 54.2 Å². The van der Waals surface area contributed by atoms with Gasteiger partial charge >= 0.3 is 0 Å². The molecule has 0 amide bonds. The summed E-state index contributed by atoms with van der Waals surface area (Å²) < 4.78 is 4.15. The van der Waals surface area contributed by atoms with Crippen LogP contribution in [0.25, 0.3) is 21.9 Å². The number of nitrogens with zero attached hydrogens (tertiary/aromatic N) is 6. The molecule has 1 saturated carbocycles. The van der Waals surface area contributed by atoms with Gasteiger partial charge in [0.2, 0.25) is 0 Å². The average Bonchev–Trinajstić information content (AvgIpc) is 3.43. The first-order valence-electron chi connectivity index (χ1n) is 9.96. The van der Waals surface area contributed by atoms with Crippen molar-refractivity contribution in [2.24, 2.45) is 5.92 Å². The lowest BCUT2D eigenvalue weighted by atomic mass is 10.2. The smallest absolute Gasteiger partial charge is 0.143 e. The zero-order valence-electron chi connectivity index (χ0n) is 16.0. The van der Waals surface area contributed by atoms with Gasteiger partial charge in [0.25, 0.3) is 0 Å². The van der Waals surface area contributed by atoms with Crippen molar-refractivity contribution < 1.29 is 0 Å². The second-order valence-corrected chi connectivity index (χ2v) is 7.37. The largest absolute Gasteiger partial charge is 0.326 e. The van der Waals surface area contributed by atoms with Crippen LogP contribution >= 0.6 is 0 Å². The molecule has 0 spiro atoms. The lowest BCUT2D eigenvalue weighted by Crippen LogP contribution is -2.10. The van der Waals surface area contributed by atoms with Crippen molar-refractivity contribution in [3.63, 3.8) is 0 Å². The summed E-state index contributed by atoms with van der Waals surface area (Å²) in [4.78, 5) is 9.14. The Morgan fingerprint density at radius 2 is 2.03 bits per heavy atom. The van der Waals surface area contributed by atoms with E-state index >= 15 is 0 Å². The number of imidazole rings is 1. The highest BCUT2D eigenvalue weighted by molar-refractivity contribution is 5.84. The molecule has 142 valence electrons. The molecule has 0 saturated heterocycles. The molecule has 0 N–H and O–H groups in total. The van der Waals surface area contributed by atoms with Gasteiger partial charge in [0, 0.05) is 30.5 Å². The zero-order valence-corrected chi connectivity index (χ0v) is 16.0. The van der Waals surface area contributed by atoms with Crippen molar-refractivity contribution in [2.75, 3.05) is 0 Å². The minimum Gasteiger partial charge on any atom is -0.326 e. The first-order valence-corrected chi connectivity index (χ1v) is 9.96. The van der Waals surface area contributed by atoms with Crippen LogP contribution in [0.3, 0.4) is 0 Å². The third-order valence-corrected chi connectivity index (χ3v) is 5.22. The molecule has 0 aliphatic heterocycles. The molecule has 6 nitrogen and oxygen atoms in total. The molecule has 4 aromatic rings. The Morgan fingerprint density at radius 3 is 2.90 bits per heavy atom. The van der Waals surface area contributed by atoms with Crippen LogP contribution < -0.4 is 0 Å². The van der Waals surface area contributed by atoms with Gasteiger partial charge in [-0.3, -0.25) is 9.67 Å². The Morgan fingerprint density at radius 1 is 1.14 bits per heavy atom. The number of aromatic nitrogens is 5. The van der Waals surface area contributed by atoms with Crippen molar-refractivity contribution in [2.45, 2.75) is 38.8 Å². The molecule has 0 bridgehead atoms. The van der Waals surface area contributed by atoms with Crippen LogP contribution in [0.15, 0.2) is 42.7 Å². The number of para-hydroxylation sites is 2. The van der Waals surface area contributed by atoms with Crippen molar-refractivity contribution >= 4 is 21.9 Å². The summed E-state index contributed by atoms with van der Waals surface area (Å²) in [6.45, 7) is 1.30. The third kappa shape index (κ3) is 3.46. The molecular weight excluding hydrogens is 360 g/mol. The Hall–Kier alpha value is -3.64. The molecule has 29 heavy (non-hydrogen) atoms. The van der Waals surface area contributed by atoms with Gasteiger partial charge in [-0.1, -0.05) is 18.1 Å². The molecular formula is C23H20N6. The van der Waals surface area contributed by atoms with Crippen LogP contribution in [-0.2, 0) is 13.1 Å². The minimum atomic E-state index is 0.529. The van der Waals surface area contributed by atoms with E-state index in [1.807, 2.05) is 35.1 Å². The van der Waals surface area contributed by atoms with Crippen LogP contribution in [0.4, 0.5) is 0 Å². The van der Waals surface area contributed by atoms with Crippen LogP contribution in [0.5, 0.6) is 0 Å². The van der Waals surface area contributed by atoms with E-state index in [9.17, 15) is 0 Å². The number of rotatable bonds is 5. The molecule has 6 heteroatoms. The minimum absolute atomic E-state index is 0.529. The van der Waals surface area contributed by atoms with Crippen LogP contribution in [0.2, 0.25) is 0 Å². The van der Waals surface area contributed by atoms with Crippen LogP contribution in [-0.4, -0.2) is 24.3 Å². The van der Waals surface area contributed by atoms with Gasteiger partial charge in [-0.05, 0) is 43.4 Å². The standard InChI is InChI=1S/C23H20N6/c24-12-3-4-14-28-21-6-2-1-5-20(21)26-23(28)16-29-22-15-25-13-11-18(22)19(27-29)10-9-17-7-8-17/h1-2,5-6,11,13,15,17H,3-4,7-8,14,16H2. The SMILES string of the molecule is N#CCCCn1c(Cn2nc(C#CC3CC3)c3ccncc32)nc2ccccc21. The summed E-state index contributed by atoms with van der Waals surface area (Å²) in [5.41, 5.74) is 3.82. The Bertz CT molecular complexity index is 1290. The predicted octanol–water partition coefficient (Wildman–Crippen LogP) is 3.89. The highest BCUT2D eigenvalue weighted by Crippen LogP contribution is 2.28. The zero-order chi connectivity index (χ0) is 19.6. The Labute approximate surface area is 168 Å². The molecule has 5 rings (SSSR count). The molecule has 1 aromatic carbocycles. The van der Waals surface area contributed by atoms with E-state index in [0.29, 0.717) is 18.9 Å². The first kappa shape index (κ1) is 17.5. The maximum atomic E-state index is 8.92. The van der Waals surface area contributed by atoms with E-state index < -0.39 is 0 Å². The van der Waals surface area contributed by atoms with Gasteiger partial charge in [-0.15, -0.1) is 0 Å². The van der Waals surface area contributed by atoms with Crippen molar-refractivity contribution in [1.29, 1.82) is 5.26 Å². The monoisotopic (exact) mass is 380 g/mol. The second-order valence-electron chi connectivity index (χ2n) is 7.37. The average molecular weight is 380 g/mol. The lowest BCUT2D eigenvalue weighted by molar-refractivity contribution is 0.592. The van der Waals surface area contributed by atoms with E-state index in [1.54, 1.807) is 6.20 Å². The number of fused-ring (bicyclic) bond motifs is 2. The predicted molar refractivity (Wildman–Crippen MR) is 111 cm³/mol. The summed E-state index contributed by atoms with van der Waals surface area (Å²) in [6.07, 6.45) is 7.34. The number of hydrogen-bond donors (Lipinski definition) is 0. The number of hydrogen-bond acceptors (Lipinski definition) is 4. The fourth-order valence-electron chi connectivity index (χ4n) is 3.58. The lowest BCUT2D eigenvalue weighted by Gasteiger charge is -2.09. The van der Waals surface area contributed by atoms with Gasteiger partial charge in [0.05, 0.1) is 35.4 Å². The number of nitriles is 1. The molecule has 3 heterocycles. The summed E-state index contributed by atoms with van der Waals surface area (Å²) in [5.74, 6) is 8.04. The van der Waals surface area contributed by atoms with Gasteiger partial charge < -0.3 is 4.57 Å². The number of aryl methyl sites for hydroxylation is 1. The molecule has 0 unspecified atom stereocenters. The topological polar surface area (TPSA) is 72.3 Å². The number of pyridine rings is 1. The van der Waals surface area contributed by atoms with E-state index in [-0.39, 0.29) is 0 Å². The highest BCUT2D eigenvalue weighted by Gasteiger charge is 2.19. The Balaban J connectivity index is 1.56. The highest BCUT2D eigenvalue weighted by atomic mass is 15.3. The van der Waals surface area contributed by atoms with Gasteiger partial charge in [0.15, 0.2) is 0 Å². The number of benzene rings is 1. The molecule has 1 aliphatic rings. The summed E-state index contributed by atoms with van der Waals surface area (Å²) in [7, 11) is 0. The summed E-state index contributed by atoms with van der Waals surface area (Å²) >= 11 is 0. The van der Waals surface area contributed by atoms with E-state index in [4.69, 9.17) is 15.3 Å². The molecule has 3 aromatic heterocycles. The fraction of sp³-hybridized carbons (Fsp3) is 0.304. The Kier molecular flexibility index (Phi) is 4.46. The first-order chi connectivity index (χ1) is 14.3. The van der Waals surface area contributed by atoms with E-state index in [0.717, 1.165) is 46.4 Å². The molecule has 1 aliphatic carbocycles. The maximum absolute atomic E-state index is 8.92. The van der Waals surface area contributed by atoms with Gasteiger partial charge in [-0.2, -0.15) is 10.4 Å². The van der Waals surface area contributed by atoms with Crippen LogP contribution in [0.1, 0.15) is 37.2 Å². The second kappa shape index (κ2) is 7.41. The fourth-order valence-corrected chi connectivity index (χ4v) is 3.58. The van der Waals surface area contributed by atoms with Gasteiger partial charge in [0.1, 0.15) is 11.5 Å². The van der Waals surface area contributed by atoms with Gasteiger partial charge in [-0.25, -0.2) is 4.98 Å². The normalized spacial score (nSPS) is 13.3. The van der Waals surface area contributed by atoms with Crippen molar-refractivity contribution in [1.82, 2.24) is 24.3 Å². The molecule has 0 radical (unpaired) electrons. The molecule has 1 fully saturated rings. The number of unbranched alkanes of at least 4 members (excludes halogenated alkanes) is 1. The third-order valence-electron chi connectivity index (χ3n) is 5.22. The van der Waals surface area contributed by atoms with Crippen LogP contribution in [0, 0.1) is 29.1 Å². The van der Waals surface area contributed by atoms with Crippen molar-refractivity contribution in [3.8, 4) is 17.9 Å². The maximum Gasteiger partial charge on any atom is 0.143 e. The van der Waals surface area contributed by atoms with E-state index in [2.05, 4.69) is 33.5 Å². The quantitative estimate of drug-likeness (QED) is 0.389. The summed E-state index contributed by atoms with van der Waals surface area (Å²) in [6, 6.07) is 12.3.